The number of halogens is 2. The average molecular weight is 440 g/mol. The lowest BCUT2D eigenvalue weighted by atomic mass is 10.1. The number of carbonyl (C=O) groups excluding carboxylic acids is 1. The molecule has 3 aromatic carbocycles. The van der Waals surface area contributed by atoms with Crippen molar-refractivity contribution in [3.8, 4) is 28.7 Å². The third-order valence-corrected chi connectivity index (χ3v) is 4.87. The van der Waals surface area contributed by atoms with Crippen LogP contribution >= 0.6 is 23.2 Å². The largest absolute Gasteiger partial charge is 0.497 e. The summed E-state index contributed by atoms with van der Waals surface area (Å²) in [7, 11) is 1.59. The Bertz CT molecular complexity index is 1220. The van der Waals surface area contributed by atoms with Crippen molar-refractivity contribution in [2.75, 3.05) is 12.4 Å². The number of amides is 1. The fourth-order valence-electron chi connectivity index (χ4n) is 2.85. The maximum Gasteiger partial charge on any atom is 0.257 e. The van der Waals surface area contributed by atoms with Gasteiger partial charge in [-0.2, -0.15) is 0 Å². The molecule has 0 bridgehead atoms. The summed E-state index contributed by atoms with van der Waals surface area (Å²) in [6.07, 6.45) is 0. The van der Waals surface area contributed by atoms with E-state index in [1.807, 2.05) is 24.3 Å². The van der Waals surface area contributed by atoms with E-state index in [9.17, 15) is 4.79 Å². The second-order valence-corrected chi connectivity index (χ2v) is 7.11. The third kappa shape index (κ3) is 4.15. The van der Waals surface area contributed by atoms with Gasteiger partial charge in [0.15, 0.2) is 0 Å². The molecule has 150 valence electrons. The first-order chi connectivity index (χ1) is 14.5. The predicted molar refractivity (Wildman–Crippen MR) is 116 cm³/mol. The van der Waals surface area contributed by atoms with Gasteiger partial charge >= 0.3 is 0 Å². The van der Waals surface area contributed by atoms with Crippen molar-refractivity contribution in [1.82, 2.24) is 10.2 Å². The second-order valence-electron chi connectivity index (χ2n) is 6.27. The van der Waals surface area contributed by atoms with Gasteiger partial charge in [-0.3, -0.25) is 4.79 Å². The smallest absolute Gasteiger partial charge is 0.257 e. The fraction of sp³-hybridized carbons (Fsp3) is 0.0455. The number of benzene rings is 3. The van der Waals surface area contributed by atoms with E-state index in [2.05, 4.69) is 15.5 Å². The lowest BCUT2D eigenvalue weighted by Crippen LogP contribution is -2.13. The van der Waals surface area contributed by atoms with Gasteiger partial charge < -0.3 is 14.5 Å². The van der Waals surface area contributed by atoms with Crippen molar-refractivity contribution < 1.29 is 13.9 Å². The number of nitrogens with one attached hydrogen (secondary N) is 1. The average Bonchev–Trinajstić information content (AvgIpc) is 3.24. The topological polar surface area (TPSA) is 77.3 Å². The molecule has 0 spiro atoms. The van der Waals surface area contributed by atoms with E-state index < -0.39 is 0 Å². The van der Waals surface area contributed by atoms with E-state index in [1.54, 1.807) is 43.5 Å². The zero-order valence-corrected chi connectivity index (χ0v) is 17.2. The van der Waals surface area contributed by atoms with Gasteiger partial charge in [0, 0.05) is 10.6 Å². The number of carbonyl (C=O) groups is 1. The highest BCUT2D eigenvalue weighted by molar-refractivity contribution is 6.37. The molecule has 0 fully saturated rings. The first kappa shape index (κ1) is 19.9. The van der Waals surface area contributed by atoms with Gasteiger partial charge in [-0.25, -0.2) is 0 Å². The number of ether oxygens (including phenoxy) is 1. The second kappa shape index (κ2) is 8.57. The van der Waals surface area contributed by atoms with Crippen LogP contribution in [0.25, 0.3) is 22.9 Å². The lowest BCUT2D eigenvalue weighted by molar-refractivity contribution is 0.102. The Hall–Kier alpha value is -3.35. The molecular formula is C22H15Cl2N3O3. The summed E-state index contributed by atoms with van der Waals surface area (Å²) in [5, 5.41) is 11.8. The normalized spacial score (nSPS) is 10.6. The molecule has 1 aromatic heterocycles. The summed E-state index contributed by atoms with van der Waals surface area (Å²) >= 11 is 12.1. The fourth-order valence-corrected chi connectivity index (χ4v) is 3.34. The van der Waals surface area contributed by atoms with Crippen LogP contribution in [0.1, 0.15) is 10.4 Å². The highest BCUT2D eigenvalue weighted by Crippen LogP contribution is 2.31. The number of rotatable bonds is 5. The number of hydrogen-bond donors (Lipinski definition) is 1. The Morgan fingerprint density at radius 3 is 2.57 bits per heavy atom. The molecule has 0 unspecified atom stereocenters. The standard InChI is InChI=1S/C22H15Cl2N3O3/c1-29-15-6-4-5-13(11-15)21-26-27-22(30-21)17-7-2-3-8-19(17)25-20(28)16-10-9-14(23)12-18(16)24/h2-12H,1H3,(H,25,28). The Labute approximate surface area is 182 Å². The zero-order chi connectivity index (χ0) is 21.1. The van der Waals surface area contributed by atoms with Crippen molar-refractivity contribution >= 4 is 34.8 Å². The molecule has 1 amide bonds. The summed E-state index contributed by atoms with van der Waals surface area (Å²) in [6.45, 7) is 0. The summed E-state index contributed by atoms with van der Waals surface area (Å²) in [5.74, 6) is 0.910. The first-order valence-electron chi connectivity index (χ1n) is 8.89. The SMILES string of the molecule is COc1cccc(-c2nnc(-c3ccccc3NC(=O)c3ccc(Cl)cc3Cl)o2)c1. The van der Waals surface area contributed by atoms with Crippen LogP contribution in [-0.2, 0) is 0 Å². The molecule has 1 heterocycles. The molecule has 0 radical (unpaired) electrons. The molecule has 0 aliphatic rings. The van der Waals surface area contributed by atoms with Gasteiger partial charge in [-0.05, 0) is 48.5 Å². The maximum atomic E-state index is 12.7. The highest BCUT2D eigenvalue weighted by Gasteiger charge is 2.17. The molecule has 1 N–H and O–H groups in total. The number of para-hydroxylation sites is 1. The number of nitrogens with zero attached hydrogens (tertiary/aromatic N) is 2. The van der Waals surface area contributed by atoms with Crippen LogP contribution in [0.2, 0.25) is 10.0 Å². The van der Waals surface area contributed by atoms with Gasteiger partial charge in [0.05, 0.1) is 28.9 Å². The van der Waals surface area contributed by atoms with Crippen LogP contribution in [0, 0.1) is 0 Å². The zero-order valence-electron chi connectivity index (χ0n) is 15.7. The molecule has 0 aliphatic heterocycles. The molecule has 0 saturated carbocycles. The Morgan fingerprint density at radius 2 is 1.77 bits per heavy atom. The number of methoxy groups -OCH3 is 1. The Balaban J connectivity index is 1.64. The summed E-state index contributed by atoms with van der Waals surface area (Å²) in [4.78, 5) is 12.7. The van der Waals surface area contributed by atoms with Crippen LogP contribution in [0.3, 0.4) is 0 Å². The molecule has 30 heavy (non-hydrogen) atoms. The minimum atomic E-state index is -0.378. The van der Waals surface area contributed by atoms with Crippen LogP contribution in [0.5, 0.6) is 5.75 Å². The minimum absolute atomic E-state index is 0.260. The van der Waals surface area contributed by atoms with E-state index in [4.69, 9.17) is 32.4 Å². The molecule has 0 aliphatic carbocycles. The van der Waals surface area contributed by atoms with Crippen LogP contribution < -0.4 is 10.1 Å². The molecule has 4 rings (SSSR count). The van der Waals surface area contributed by atoms with Crippen molar-refractivity contribution in [2.45, 2.75) is 0 Å². The number of hydrogen-bond acceptors (Lipinski definition) is 5. The monoisotopic (exact) mass is 439 g/mol. The van der Waals surface area contributed by atoms with Crippen molar-refractivity contribution in [2.24, 2.45) is 0 Å². The lowest BCUT2D eigenvalue weighted by Gasteiger charge is -2.10. The van der Waals surface area contributed by atoms with E-state index in [0.717, 1.165) is 5.56 Å². The molecule has 0 saturated heterocycles. The first-order valence-corrected chi connectivity index (χ1v) is 9.64. The minimum Gasteiger partial charge on any atom is -0.497 e. The highest BCUT2D eigenvalue weighted by atomic mass is 35.5. The van der Waals surface area contributed by atoms with Gasteiger partial charge in [-0.1, -0.05) is 41.4 Å². The third-order valence-electron chi connectivity index (χ3n) is 4.32. The quantitative estimate of drug-likeness (QED) is 0.414. The van der Waals surface area contributed by atoms with Crippen molar-refractivity contribution in [1.29, 1.82) is 0 Å². The predicted octanol–water partition coefficient (Wildman–Crippen LogP) is 5.97. The summed E-state index contributed by atoms with van der Waals surface area (Å²) in [6, 6.07) is 19.1. The Kier molecular flexibility index (Phi) is 5.70. The van der Waals surface area contributed by atoms with Gasteiger partial charge in [0.1, 0.15) is 5.75 Å². The maximum absolute atomic E-state index is 12.7. The summed E-state index contributed by atoms with van der Waals surface area (Å²) in [5.41, 5.74) is 2.12. The van der Waals surface area contributed by atoms with Crippen molar-refractivity contribution in [3.05, 3.63) is 82.3 Å². The van der Waals surface area contributed by atoms with E-state index in [1.165, 1.54) is 6.07 Å². The Morgan fingerprint density at radius 1 is 0.967 bits per heavy atom. The number of anilines is 1. The molecular weight excluding hydrogens is 425 g/mol. The summed E-state index contributed by atoms with van der Waals surface area (Å²) < 4.78 is 11.1. The van der Waals surface area contributed by atoms with Crippen molar-refractivity contribution in [3.63, 3.8) is 0 Å². The van der Waals surface area contributed by atoms with Gasteiger partial charge in [0.2, 0.25) is 11.8 Å². The van der Waals surface area contributed by atoms with Gasteiger partial charge in [0.25, 0.3) is 5.91 Å². The molecule has 6 nitrogen and oxygen atoms in total. The molecule has 0 atom stereocenters. The van der Waals surface area contributed by atoms with Crippen LogP contribution in [-0.4, -0.2) is 23.2 Å². The molecule has 8 heteroatoms. The number of aromatic nitrogens is 2. The molecule has 4 aromatic rings. The van der Waals surface area contributed by atoms with Gasteiger partial charge in [-0.15, -0.1) is 10.2 Å². The van der Waals surface area contributed by atoms with E-state index in [0.29, 0.717) is 33.5 Å². The van der Waals surface area contributed by atoms with Crippen LogP contribution in [0.15, 0.2) is 71.1 Å². The van der Waals surface area contributed by atoms with E-state index >= 15 is 0 Å². The van der Waals surface area contributed by atoms with Crippen LogP contribution in [0.4, 0.5) is 5.69 Å². The van der Waals surface area contributed by atoms with E-state index in [-0.39, 0.29) is 16.8 Å².